The third-order valence-electron chi connectivity index (χ3n) is 8.37. The summed E-state index contributed by atoms with van der Waals surface area (Å²) in [5.41, 5.74) is 7.99. The fraction of sp³-hybridized carbons (Fsp3) is 0.235. The Kier molecular flexibility index (Phi) is 6.20. The van der Waals surface area contributed by atoms with Crippen LogP contribution in [0.5, 0.6) is 17.2 Å². The molecule has 0 aliphatic carbocycles. The van der Waals surface area contributed by atoms with Gasteiger partial charge in [0, 0.05) is 29.2 Å². The molecular weight excluding hydrogens is 503 g/mol. The lowest BCUT2D eigenvalue weighted by Crippen LogP contribution is -2.43. The fourth-order valence-electron chi connectivity index (χ4n) is 6.49. The first-order valence-electron chi connectivity index (χ1n) is 13.7. The highest BCUT2D eigenvalue weighted by molar-refractivity contribution is 5.87. The average molecular weight is 535 g/mol. The van der Waals surface area contributed by atoms with Crippen LogP contribution in [0.4, 0.5) is 4.39 Å². The van der Waals surface area contributed by atoms with Gasteiger partial charge < -0.3 is 19.2 Å². The van der Waals surface area contributed by atoms with E-state index in [0.717, 1.165) is 64.4 Å². The number of nitrogens with zero attached hydrogens (tertiary/aromatic N) is 1. The van der Waals surface area contributed by atoms with Gasteiger partial charge in [-0.05, 0) is 83.1 Å². The Morgan fingerprint density at radius 2 is 1.77 bits per heavy atom. The van der Waals surface area contributed by atoms with E-state index in [4.69, 9.17) is 14.2 Å². The van der Waals surface area contributed by atoms with Crippen molar-refractivity contribution in [2.24, 2.45) is 0 Å². The molecule has 202 valence electrons. The molecule has 7 rings (SSSR count). The Labute approximate surface area is 233 Å². The van der Waals surface area contributed by atoms with E-state index in [-0.39, 0.29) is 17.9 Å². The molecule has 5 aromatic rings. The Balaban J connectivity index is 1.35. The SMILES string of the molecule is COc1ccc2[nH]c3c(c2c1)CC1c2cc(OCc4ccccc4)c(OC)cc2CCN1C3c1cccc(F)c1. The zero-order valence-corrected chi connectivity index (χ0v) is 22.6. The van der Waals surface area contributed by atoms with Crippen molar-refractivity contribution in [2.75, 3.05) is 20.8 Å². The van der Waals surface area contributed by atoms with Gasteiger partial charge in [0.25, 0.3) is 0 Å². The summed E-state index contributed by atoms with van der Waals surface area (Å²) in [5, 5.41) is 1.15. The third-order valence-corrected chi connectivity index (χ3v) is 8.37. The van der Waals surface area contributed by atoms with Crippen LogP contribution in [0.2, 0.25) is 0 Å². The summed E-state index contributed by atoms with van der Waals surface area (Å²) >= 11 is 0. The number of fused-ring (bicyclic) bond motifs is 6. The molecule has 3 heterocycles. The standard InChI is InChI=1S/C34H31FN2O3/c1-38-25-11-12-29-27(17-25)28-18-30-26-19-32(40-20-21-7-4-3-5-8-21)31(39-2)16-22(26)13-14-37(30)34(33(28)36-29)23-9-6-10-24(35)15-23/h3-12,15-17,19,30,34,36H,13-14,18,20H2,1-2H3. The number of benzene rings is 4. The van der Waals surface area contributed by atoms with E-state index in [9.17, 15) is 4.39 Å². The van der Waals surface area contributed by atoms with Crippen molar-refractivity contribution in [2.45, 2.75) is 31.5 Å². The second kappa shape index (κ2) is 10.0. The van der Waals surface area contributed by atoms with Gasteiger partial charge in [-0.15, -0.1) is 0 Å². The van der Waals surface area contributed by atoms with Crippen molar-refractivity contribution < 1.29 is 18.6 Å². The van der Waals surface area contributed by atoms with Crippen LogP contribution in [-0.2, 0) is 19.4 Å². The van der Waals surface area contributed by atoms with Crippen LogP contribution in [0, 0.1) is 5.82 Å². The van der Waals surface area contributed by atoms with Crippen molar-refractivity contribution in [3.05, 3.63) is 124 Å². The monoisotopic (exact) mass is 534 g/mol. The molecule has 1 aromatic heterocycles. The molecule has 2 aliphatic rings. The highest BCUT2D eigenvalue weighted by Gasteiger charge is 2.41. The highest BCUT2D eigenvalue weighted by atomic mass is 19.1. The molecule has 40 heavy (non-hydrogen) atoms. The number of halogens is 1. The highest BCUT2D eigenvalue weighted by Crippen LogP contribution is 2.50. The molecular formula is C34H31FN2O3. The topological polar surface area (TPSA) is 46.7 Å². The molecule has 0 amide bonds. The Bertz CT molecular complexity index is 1700. The molecule has 2 aliphatic heterocycles. The normalized spacial score (nSPS) is 18.1. The number of H-pyrrole nitrogens is 1. The summed E-state index contributed by atoms with van der Waals surface area (Å²) < 4.78 is 32.2. The summed E-state index contributed by atoms with van der Waals surface area (Å²) in [6.07, 6.45) is 1.70. The molecule has 1 N–H and O–H groups in total. The minimum Gasteiger partial charge on any atom is -0.497 e. The largest absolute Gasteiger partial charge is 0.497 e. The van der Waals surface area contributed by atoms with E-state index in [0.29, 0.717) is 6.61 Å². The number of aromatic amines is 1. The van der Waals surface area contributed by atoms with Crippen LogP contribution in [0.1, 0.15) is 45.6 Å². The Morgan fingerprint density at radius 1 is 0.900 bits per heavy atom. The van der Waals surface area contributed by atoms with Crippen LogP contribution in [-0.4, -0.2) is 30.6 Å². The van der Waals surface area contributed by atoms with E-state index in [1.165, 1.54) is 22.8 Å². The van der Waals surface area contributed by atoms with Gasteiger partial charge in [-0.2, -0.15) is 0 Å². The van der Waals surface area contributed by atoms with Gasteiger partial charge in [0.05, 0.1) is 20.3 Å². The van der Waals surface area contributed by atoms with Gasteiger partial charge in [0.1, 0.15) is 18.2 Å². The summed E-state index contributed by atoms with van der Waals surface area (Å²) in [6, 6.07) is 27.6. The number of ether oxygens (including phenoxy) is 3. The molecule has 6 heteroatoms. The first-order chi connectivity index (χ1) is 19.6. The molecule has 4 aromatic carbocycles. The molecule has 0 saturated heterocycles. The van der Waals surface area contributed by atoms with Crippen LogP contribution in [0.3, 0.4) is 0 Å². The predicted molar refractivity (Wildman–Crippen MR) is 154 cm³/mol. The van der Waals surface area contributed by atoms with Gasteiger partial charge in [0.2, 0.25) is 0 Å². The van der Waals surface area contributed by atoms with Gasteiger partial charge in [0.15, 0.2) is 11.5 Å². The van der Waals surface area contributed by atoms with Gasteiger partial charge in [-0.1, -0.05) is 42.5 Å². The number of methoxy groups -OCH3 is 2. The quantitative estimate of drug-likeness (QED) is 0.251. The van der Waals surface area contributed by atoms with E-state index < -0.39 is 0 Å². The number of rotatable bonds is 6. The molecule has 0 spiro atoms. The predicted octanol–water partition coefficient (Wildman–Crippen LogP) is 7.15. The van der Waals surface area contributed by atoms with Crippen LogP contribution in [0.15, 0.2) is 84.9 Å². The number of hydrogen-bond acceptors (Lipinski definition) is 4. The van der Waals surface area contributed by atoms with Crippen molar-refractivity contribution >= 4 is 10.9 Å². The van der Waals surface area contributed by atoms with Gasteiger partial charge >= 0.3 is 0 Å². The van der Waals surface area contributed by atoms with Crippen LogP contribution < -0.4 is 14.2 Å². The van der Waals surface area contributed by atoms with E-state index in [2.05, 4.69) is 46.3 Å². The van der Waals surface area contributed by atoms with E-state index in [1.807, 2.05) is 30.3 Å². The maximum atomic E-state index is 14.5. The number of nitrogens with one attached hydrogen (secondary N) is 1. The van der Waals surface area contributed by atoms with Crippen molar-refractivity contribution in [3.8, 4) is 17.2 Å². The Hall–Kier alpha value is -4.29. The minimum absolute atomic E-state index is 0.0969. The lowest BCUT2D eigenvalue weighted by molar-refractivity contribution is 0.127. The van der Waals surface area contributed by atoms with E-state index >= 15 is 0 Å². The second-order valence-electron chi connectivity index (χ2n) is 10.6. The fourth-order valence-corrected chi connectivity index (χ4v) is 6.49. The van der Waals surface area contributed by atoms with Crippen molar-refractivity contribution in [1.29, 1.82) is 0 Å². The summed E-state index contributed by atoms with van der Waals surface area (Å²) in [5.74, 6) is 2.08. The summed E-state index contributed by atoms with van der Waals surface area (Å²) in [4.78, 5) is 6.21. The van der Waals surface area contributed by atoms with Crippen LogP contribution >= 0.6 is 0 Å². The average Bonchev–Trinajstić information content (AvgIpc) is 3.36. The smallest absolute Gasteiger partial charge is 0.162 e. The van der Waals surface area contributed by atoms with Crippen molar-refractivity contribution in [1.82, 2.24) is 9.88 Å². The maximum absolute atomic E-state index is 14.5. The first kappa shape index (κ1) is 24.7. The Morgan fingerprint density at radius 3 is 2.58 bits per heavy atom. The maximum Gasteiger partial charge on any atom is 0.162 e. The van der Waals surface area contributed by atoms with Crippen molar-refractivity contribution in [3.63, 3.8) is 0 Å². The van der Waals surface area contributed by atoms with E-state index in [1.54, 1.807) is 26.4 Å². The molecule has 2 atom stereocenters. The number of aromatic nitrogens is 1. The van der Waals surface area contributed by atoms with Gasteiger partial charge in [-0.3, -0.25) is 4.90 Å². The molecule has 0 fully saturated rings. The molecule has 0 saturated carbocycles. The van der Waals surface area contributed by atoms with Gasteiger partial charge in [-0.25, -0.2) is 4.39 Å². The molecule has 0 bridgehead atoms. The summed E-state index contributed by atoms with van der Waals surface area (Å²) in [6.45, 7) is 1.31. The first-order valence-corrected chi connectivity index (χ1v) is 13.7. The lowest BCUT2D eigenvalue weighted by Gasteiger charge is -2.46. The second-order valence-corrected chi connectivity index (χ2v) is 10.6. The molecule has 2 unspecified atom stereocenters. The zero-order valence-electron chi connectivity index (χ0n) is 22.6. The molecule has 0 radical (unpaired) electrons. The third kappa shape index (κ3) is 4.20. The molecule has 5 nitrogen and oxygen atoms in total. The van der Waals surface area contributed by atoms with Crippen LogP contribution in [0.25, 0.3) is 10.9 Å². The summed E-state index contributed by atoms with van der Waals surface area (Å²) in [7, 11) is 3.39. The zero-order chi connectivity index (χ0) is 27.2. The number of hydrogen-bond donors (Lipinski definition) is 1. The lowest BCUT2D eigenvalue weighted by atomic mass is 9.80. The minimum atomic E-state index is -0.224.